The molecule has 3 aliphatic heterocycles. The lowest BCUT2D eigenvalue weighted by molar-refractivity contribution is -0.138. The molecule has 2 aromatic carbocycles. The van der Waals surface area contributed by atoms with Crippen LogP contribution in [-0.2, 0) is 14.3 Å². The van der Waals surface area contributed by atoms with E-state index in [2.05, 4.69) is 70.2 Å². The quantitative estimate of drug-likeness (QED) is 0.638. The molecule has 0 bridgehead atoms. The van der Waals surface area contributed by atoms with Crippen LogP contribution >= 0.6 is 0 Å². The number of morpholine rings is 1. The Bertz CT molecular complexity index is 989. The molecular formula is C29H39N3O3. The summed E-state index contributed by atoms with van der Waals surface area (Å²) in [5.74, 6) is 0.634. The summed E-state index contributed by atoms with van der Waals surface area (Å²) < 4.78 is 11.1. The number of carbonyl (C=O) groups is 1. The highest BCUT2D eigenvalue weighted by Crippen LogP contribution is 2.42. The molecule has 1 amide bonds. The molecule has 0 radical (unpaired) electrons. The first-order valence-corrected chi connectivity index (χ1v) is 13.1. The molecule has 0 saturated carbocycles. The van der Waals surface area contributed by atoms with Gasteiger partial charge in [-0.25, -0.2) is 0 Å². The molecule has 3 aliphatic rings. The van der Waals surface area contributed by atoms with Crippen molar-refractivity contribution in [3.8, 4) is 11.1 Å². The molecule has 3 heterocycles. The van der Waals surface area contributed by atoms with Gasteiger partial charge in [-0.2, -0.15) is 0 Å². The third-order valence-corrected chi connectivity index (χ3v) is 8.09. The minimum atomic E-state index is 0.262. The first-order valence-electron chi connectivity index (χ1n) is 13.1. The van der Waals surface area contributed by atoms with Crippen LogP contribution in [0.1, 0.15) is 29.9 Å². The van der Waals surface area contributed by atoms with Gasteiger partial charge in [-0.3, -0.25) is 14.6 Å². The number of benzene rings is 2. The molecule has 5 rings (SSSR count). The number of rotatable bonds is 6. The second-order valence-corrected chi connectivity index (χ2v) is 10.2. The Morgan fingerprint density at radius 2 is 1.74 bits per heavy atom. The summed E-state index contributed by atoms with van der Waals surface area (Å²) in [7, 11) is 1.80. The summed E-state index contributed by atoms with van der Waals surface area (Å²) in [5, 5.41) is 0. The molecule has 0 aromatic heterocycles. The Morgan fingerprint density at radius 1 is 1.00 bits per heavy atom. The fourth-order valence-corrected chi connectivity index (χ4v) is 6.15. The topological polar surface area (TPSA) is 45.3 Å². The number of hydrogen-bond donors (Lipinski definition) is 0. The van der Waals surface area contributed by atoms with E-state index in [0.717, 1.165) is 65.4 Å². The van der Waals surface area contributed by atoms with Crippen molar-refractivity contribution in [2.75, 3.05) is 66.2 Å². The zero-order valence-corrected chi connectivity index (χ0v) is 21.2. The highest BCUT2D eigenvalue weighted by Gasteiger charge is 2.49. The molecule has 3 saturated heterocycles. The van der Waals surface area contributed by atoms with Crippen LogP contribution in [0.25, 0.3) is 11.1 Å². The number of ether oxygens (including phenoxy) is 2. The Morgan fingerprint density at radius 3 is 2.49 bits per heavy atom. The first kappa shape index (κ1) is 24.4. The van der Waals surface area contributed by atoms with E-state index in [-0.39, 0.29) is 5.91 Å². The third kappa shape index (κ3) is 5.31. The van der Waals surface area contributed by atoms with Crippen molar-refractivity contribution in [1.82, 2.24) is 14.7 Å². The SMILES string of the molecule is COC[C@@H]1[C@H](c2ccc(-c3ccccc3C)cc2)[C@@H]2CN(C(=O)CN3CCOCC3)CCCCN12. The molecule has 6 heteroatoms. The molecule has 0 spiro atoms. The van der Waals surface area contributed by atoms with E-state index < -0.39 is 0 Å². The lowest BCUT2D eigenvalue weighted by Crippen LogP contribution is -2.68. The molecule has 35 heavy (non-hydrogen) atoms. The van der Waals surface area contributed by atoms with Gasteiger partial charge in [0.2, 0.25) is 5.91 Å². The second-order valence-electron chi connectivity index (χ2n) is 10.2. The second kappa shape index (κ2) is 11.2. The molecule has 0 unspecified atom stereocenters. The van der Waals surface area contributed by atoms with E-state index >= 15 is 0 Å². The summed E-state index contributed by atoms with van der Waals surface area (Å²) in [6, 6.07) is 18.4. The zero-order chi connectivity index (χ0) is 24.2. The molecule has 0 N–H and O–H groups in total. The maximum absolute atomic E-state index is 13.3. The minimum absolute atomic E-state index is 0.262. The summed E-state index contributed by atoms with van der Waals surface area (Å²) >= 11 is 0. The number of aryl methyl sites for hydroxylation is 1. The molecular weight excluding hydrogens is 438 g/mol. The van der Waals surface area contributed by atoms with Crippen molar-refractivity contribution in [2.24, 2.45) is 0 Å². The summed E-state index contributed by atoms with van der Waals surface area (Å²) in [5.41, 5.74) is 5.19. The van der Waals surface area contributed by atoms with Crippen molar-refractivity contribution < 1.29 is 14.3 Å². The summed E-state index contributed by atoms with van der Waals surface area (Å²) in [6.07, 6.45) is 2.19. The number of fused-ring (bicyclic) bond motifs is 1. The maximum Gasteiger partial charge on any atom is 0.236 e. The highest BCUT2D eigenvalue weighted by molar-refractivity contribution is 5.78. The van der Waals surface area contributed by atoms with E-state index in [4.69, 9.17) is 9.47 Å². The molecule has 6 nitrogen and oxygen atoms in total. The van der Waals surface area contributed by atoms with Crippen LogP contribution in [0.2, 0.25) is 0 Å². The number of methoxy groups -OCH3 is 1. The number of carbonyl (C=O) groups excluding carboxylic acids is 1. The fourth-order valence-electron chi connectivity index (χ4n) is 6.15. The molecule has 3 fully saturated rings. The molecule has 3 atom stereocenters. The predicted octanol–water partition coefficient (Wildman–Crippen LogP) is 3.40. The van der Waals surface area contributed by atoms with E-state index in [1.807, 2.05) is 0 Å². The van der Waals surface area contributed by atoms with E-state index in [1.165, 1.54) is 22.3 Å². The normalized spacial score (nSPS) is 25.9. The standard InChI is InChI=1S/C29H39N3O3/c1-22-7-3-4-8-25(22)23-9-11-24(12-10-23)29-26-19-31(28(33)20-30-15-17-35-18-16-30)13-5-6-14-32(26)27(29)21-34-2/h3-4,7-12,26-27,29H,5-6,13-21H2,1-2H3/t26-,27+,29+/m0/s1. The highest BCUT2D eigenvalue weighted by atomic mass is 16.5. The van der Waals surface area contributed by atoms with Crippen LogP contribution < -0.4 is 0 Å². The molecule has 188 valence electrons. The van der Waals surface area contributed by atoms with Crippen molar-refractivity contribution >= 4 is 5.91 Å². The van der Waals surface area contributed by atoms with Crippen LogP contribution in [0.3, 0.4) is 0 Å². The van der Waals surface area contributed by atoms with E-state index in [1.54, 1.807) is 7.11 Å². The van der Waals surface area contributed by atoms with Gasteiger partial charge in [0.25, 0.3) is 0 Å². The zero-order valence-electron chi connectivity index (χ0n) is 21.2. The van der Waals surface area contributed by atoms with Gasteiger partial charge in [0.05, 0.1) is 26.4 Å². The van der Waals surface area contributed by atoms with Gasteiger partial charge < -0.3 is 14.4 Å². The average Bonchev–Trinajstić information content (AvgIpc) is 2.86. The smallest absolute Gasteiger partial charge is 0.236 e. The molecule has 2 aromatic rings. The van der Waals surface area contributed by atoms with Crippen molar-refractivity contribution in [3.05, 3.63) is 59.7 Å². The van der Waals surface area contributed by atoms with Crippen molar-refractivity contribution in [1.29, 1.82) is 0 Å². The fraction of sp³-hybridized carbons (Fsp3) is 0.552. The van der Waals surface area contributed by atoms with Gasteiger partial charge in [0.1, 0.15) is 0 Å². The summed E-state index contributed by atoms with van der Waals surface area (Å²) in [4.78, 5) is 20.3. The van der Waals surface area contributed by atoms with E-state index in [9.17, 15) is 4.79 Å². The number of hydrogen-bond acceptors (Lipinski definition) is 5. The van der Waals surface area contributed by atoms with Crippen molar-refractivity contribution in [3.63, 3.8) is 0 Å². The van der Waals surface area contributed by atoms with Gasteiger partial charge in [-0.05, 0) is 48.6 Å². The minimum Gasteiger partial charge on any atom is -0.383 e. The van der Waals surface area contributed by atoms with E-state index in [0.29, 0.717) is 24.5 Å². The average molecular weight is 478 g/mol. The Kier molecular flexibility index (Phi) is 7.83. The van der Waals surface area contributed by atoms with Crippen molar-refractivity contribution in [2.45, 2.75) is 37.8 Å². The van der Waals surface area contributed by atoms with Crippen LogP contribution in [0.15, 0.2) is 48.5 Å². The third-order valence-electron chi connectivity index (χ3n) is 8.09. The maximum atomic E-state index is 13.3. The monoisotopic (exact) mass is 477 g/mol. The van der Waals surface area contributed by atoms with Gasteiger partial charge in [-0.1, -0.05) is 48.5 Å². The Hall–Kier alpha value is -2.25. The van der Waals surface area contributed by atoms with Crippen LogP contribution in [0.4, 0.5) is 0 Å². The number of nitrogens with zero attached hydrogens (tertiary/aromatic N) is 3. The number of amides is 1. The first-order chi connectivity index (χ1) is 17.2. The largest absolute Gasteiger partial charge is 0.383 e. The lowest BCUT2D eigenvalue weighted by atomic mass is 9.74. The lowest BCUT2D eigenvalue weighted by Gasteiger charge is -2.57. The van der Waals surface area contributed by atoms with Crippen LogP contribution in [-0.4, -0.2) is 98.9 Å². The van der Waals surface area contributed by atoms with Gasteiger partial charge in [-0.15, -0.1) is 0 Å². The van der Waals surface area contributed by atoms with Crippen LogP contribution in [0.5, 0.6) is 0 Å². The van der Waals surface area contributed by atoms with Gasteiger partial charge in [0.15, 0.2) is 0 Å². The van der Waals surface area contributed by atoms with Gasteiger partial charge in [0, 0.05) is 51.3 Å². The predicted molar refractivity (Wildman–Crippen MR) is 139 cm³/mol. The Labute approximate surface area is 209 Å². The molecule has 0 aliphatic carbocycles. The Balaban J connectivity index is 1.34. The summed E-state index contributed by atoms with van der Waals surface area (Å²) in [6.45, 7) is 9.29. The van der Waals surface area contributed by atoms with Crippen LogP contribution in [0, 0.1) is 6.92 Å². The van der Waals surface area contributed by atoms with Gasteiger partial charge >= 0.3 is 0 Å².